The summed E-state index contributed by atoms with van der Waals surface area (Å²) in [4.78, 5) is 5.46. The molecule has 104 valence electrons. The zero-order chi connectivity index (χ0) is 13.5. The minimum absolute atomic E-state index is 0.210. The standard InChI is InChI=1S/C12H17N3O2S2/c1-9-11(15-4-5-18-12(15)14-9)8-13-7-10-3-2-6-19(10,16)17/h4-5,10,13H,2-3,6-8H2,1H3. The van der Waals surface area contributed by atoms with Crippen LogP contribution in [-0.2, 0) is 16.4 Å². The molecule has 1 fully saturated rings. The fourth-order valence-electron chi connectivity index (χ4n) is 2.59. The predicted molar refractivity (Wildman–Crippen MR) is 76.3 cm³/mol. The topological polar surface area (TPSA) is 63.5 Å². The summed E-state index contributed by atoms with van der Waals surface area (Å²) in [5, 5.41) is 5.07. The highest BCUT2D eigenvalue weighted by atomic mass is 32.2. The second-order valence-electron chi connectivity index (χ2n) is 4.96. The Morgan fingerprint density at radius 1 is 1.58 bits per heavy atom. The Morgan fingerprint density at radius 3 is 3.16 bits per heavy atom. The molecule has 0 aliphatic carbocycles. The fraction of sp³-hybridized carbons (Fsp3) is 0.583. The van der Waals surface area contributed by atoms with Crippen molar-refractivity contribution in [2.75, 3.05) is 12.3 Å². The van der Waals surface area contributed by atoms with Gasteiger partial charge in [-0.2, -0.15) is 0 Å². The molecule has 19 heavy (non-hydrogen) atoms. The average Bonchev–Trinajstić information content (AvgIpc) is 2.97. The van der Waals surface area contributed by atoms with Crippen molar-refractivity contribution in [2.45, 2.75) is 31.6 Å². The Balaban J connectivity index is 1.67. The van der Waals surface area contributed by atoms with Crippen LogP contribution in [0.2, 0.25) is 0 Å². The first-order valence-electron chi connectivity index (χ1n) is 6.41. The SMILES string of the molecule is Cc1nc2sccn2c1CNCC1CCCS1(=O)=O. The van der Waals surface area contributed by atoms with Gasteiger partial charge in [-0.1, -0.05) is 0 Å². The lowest BCUT2D eigenvalue weighted by molar-refractivity contribution is 0.571. The minimum Gasteiger partial charge on any atom is -0.310 e. The van der Waals surface area contributed by atoms with Crippen LogP contribution in [0.4, 0.5) is 0 Å². The third-order valence-corrected chi connectivity index (χ3v) is 6.72. The molecule has 1 aliphatic heterocycles. The molecular formula is C12H17N3O2S2. The maximum atomic E-state index is 11.7. The monoisotopic (exact) mass is 299 g/mol. The van der Waals surface area contributed by atoms with Gasteiger partial charge in [-0.15, -0.1) is 11.3 Å². The van der Waals surface area contributed by atoms with Gasteiger partial charge in [0.15, 0.2) is 14.8 Å². The van der Waals surface area contributed by atoms with Crippen molar-refractivity contribution in [1.29, 1.82) is 0 Å². The highest BCUT2D eigenvalue weighted by Crippen LogP contribution is 2.20. The smallest absolute Gasteiger partial charge is 0.194 e. The zero-order valence-corrected chi connectivity index (χ0v) is 12.4. The van der Waals surface area contributed by atoms with E-state index in [1.54, 1.807) is 11.3 Å². The van der Waals surface area contributed by atoms with Crippen LogP contribution in [0.25, 0.3) is 4.96 Å². The van der Waals surface area contributed by atoms with Crippen molar-refractivity contribution in [3.8, 4) is 0 Å². The van der Waals surface area contributed by atoms with Crippen LogP contribution < -0.4 is 5.32 Å². The van der Waals surface area contributed by atoms with Crippen LogP contribution in [0.3, 0.4) is 0 Å². The second-order valence-corrected chi connectivity index (χ2v) is 8.24. The lowest BCUT2D eigenvalue weighted by atomic mass is 10.2. The van der Waals surface area contributed by atoms with E-state index in [-0.39, 0.29) is 5.25 Å². The number of hydrogen-bond donors (Lipinski definition) is 1. The second kappa shape index (κ2) is 4.88. The summed E-state index contributed by atoms with van der Waals surface area (Å²) < 4.78 is 25.5. The van der Waals surface area contributed by atoms with Gasteiger partial charge in [0, 0.05) is 24.7 Å². The van der Waals surface area contributed by atoms with Gasteiger partial charge in [-0.05, 0) is 19.8 Å². The first kappa shape index (κ1) is 13.1. The Kier molecular flexibility index (Phi) is 3.36. The minimum atomic E-state index is -2.85. The normalized spacial score (nSPS) is 22.3. The molecule has 0 spiro atoms. The summed E-state index contributed by atoms with van der Waals surface area (Å²) >= 11 is 1.61. The van der Waals surface area contributed by atoms with E-state index in [4.69, 9.17) is 0 Å². The molecular weight excluding hydrogens is 282 g/mol. The molecule has 2 aromatic heterocycles. The third kappa shape index (κ3) is 2.42. The van der Waals surface area contributed by atoms with Crippen molar-refractivity contribution < 1.29 is 8.42 Å². The van der Waals surface area contributed by atoms with Crippen molar-refractivity contribution in [1.82, 2.24) is 14.7 Å². The summed E-state index contributed by atoms with van der Waals surface area (Å²) in [5.41, 5.74) is 2.13. The summed E-state index contributed by atoms with van der Waals surface area (Å²) in [5.74, 6) is 0.347. The molecule has 5 nitrogen and oxygen atoms in total. The average molecular weight is 299 g/mol. The van der Waals surface area contributed by atoms with Gasteiger partial charge in [-0.25, -0.2) is 13.4 Å². The third-order valence-electron chi connectivity index (χ3n) is 3.69. The largest absolute Gasteiger partial charge is 0.310 e. The van der Waals surface area contributed by atoms with Crippen molar-refractivity contribution in [2.24, 2.45) is 0 Å². The maximum Gasteiger partial charge on any atom is 0.194 e. The highest BCUT2D eigenvalue weighted by Gasteiger charge is 2.30. The Labute approximate surface area is 116 Å². The van der Waals surface area contributed by atoms with Gasteiger partial charge in [-0.3, -0.25) is 4.40 Å². The molecule has 1 aliphatic rings. The maximum absolute atomic E-state index is 11.7. The number of fused-ring (bicyclic) bond motifs is 1. The quantitative estimate of drug-likeness (QED) is 0.926. The van der Waals surface area contributed by atoms with Crippen LogP contribution in [0.1, 0.15) is 24.2 Å². The molecule has 1 saturated heterocycles. The fourth-order valence-corrected chi connectivity index (χ4v) is 5.17. The predicted octanol–water partition coefficient (Wildman–Crippen LogP) is 1.37. The molecule has 0 bridgehead atoms. The van der Waals surface area contributed by atoms with E-state index in [0.29, 0.717) is 18.8 Å². The Bertz CT molecular complexity index is 687. The van der Waals surface area contributed by atoms with Gasteiger partial charge in [0.05, 0.1) is 22.4 Å². The number of thiazole rings is 1. The summed E-state index contributed by atoms with van der Waals surface area (Å²) in [6.07, 6.45) is 3.59. The molecule has 7 heteroatoms. The molecule has 1 N–H and O–H groups in total. The summed E-state index contributed by atoms with van der Waals surface area (Å²) in [6, 6.07) is 0. The molecule has 1 atom stereocenters. The lowest BCUT2D eigenvalue weighted by Crippen LogP contribution is -2.30. The molecule has 0 aromatic carbocycles. The molecule has 1 unspecified atom stereocenters. The Morgan fingerprint density at radius 2 is 2.42 bits per heavy atom. The van der Waals surface area contributed by atoms with Crippen LogP contribution in [0.5, 0.6) is 0 Å². The van der Waals surface area contributed by atoms with E-state index >= 15 is 0 Å². The number of imidazole rings is 1. The number of rotatable bonds is 4. The lowest BCUT2D eigenvalue weighted by Gasteiger charge is -2.10. The highest BCUT2D eigenvalue weighted by molar-refractivity contribution is 7.92. The Hall–Kier alpha value is -0.920. The molecule has 0 saturated carbocycles. The van der Waals surface area contributed by atoms with Gasteiger partial charge in [0.2, 0.25) is 0 Å². The van der Waals surface area contributed by atoms with E-state index in [1.165, 1.54) is 0 Å². The first-order chi connectivity index (χ1) is 9.08. The van der Waals surface area contributed by atoms with E-state index < -0.39 is 9.84 Å². The van der Waals surface area contributed by atoms with Crippen molar-refractivity contribution in [3.05, 3.63) is 23.0 Å². The van der Waals surface area contributed by atoms with E-state index in [9.17, 15) is 8.42 Å². The van der Waals surface area contributed by atoms with Gasteiger partial charge in [0.25, 0.3) is 0 Å². The molecule has 3 rings (SSSR count). The summed E-state index contributed by atoms with van der Waals surface area (Å²) in [6.45, 7) is 3.19. The molecule has 2 aromatic rings. The molecule has 0 amide bonds. The number of nitrogens with one attached hydrogen (secondary N) is 1. The van der Waals surface area contributed by atoms with Crippen LogP contribution in [-0.4, -0.2) is 35.4 Å². The number of sulfone groups is 1. The first-order valence-corrected chi connectivity index (χ1v) is 9.01. The number of aromatic nitrogens is 2. The number of hydrogen-bond acceptors (Lipinski definition) is 5. The molecule has 0 radical (unpaired) electrons. The van der Waals surface area contributed by atoms with Crippen LogP contribution >= 0.6 is 11.3 Å². The number of aryl methyl sites for hydroxylation is 1. The van der Waals surface area contributed by atoms with Gasteiger partial charge < -0.3 is 5.32 Å². The van der Waals surface area contributed by atoms with Gasteiger partial charge in [0.1, 0.15) is 0 Å². The van der Waals surface area contributed by atoms with Crippen LogP contribution in [0.15, 0.2) is 11.6 Å². The van der Waals surface area contributed by atoms with E-state index in [0.717, 1.165) is 29.2 Å². The van der Waals surface area contributed by atoms with Crippen molar-refractivity contribution >= 4 is 26.1 Å². The molecule has 3 heterocycles. The van der Waals surface area contributed by atoms with Gasteiger partial charge >= 0.3 is 0 Å². The number of nitrogens with zero attached hydrogens (tertiary/aromatic N) is 2. The summed E-state index contributed by atoms with van der Waals surface area (Å²) in [7, 11) is -2.85. The van der Waals surface area contributed by atoms with Crippen molar-refractivity contribution in [3.63, 3.8) is 0 Å². The zero-order valence-electron chi connectivity index (χ0n) is 10.8. The van der Waals surface area contributed by atoms with E-state index in [1.807, 2.05) is 18.5 Å². The van der Waals surface area contributed by atoms with E-state index in [2.05, 4.69) is 14.7 Å². The van der Waals surface area contributed by atoms with Crippen LogP contribution in [0, 0.1) is 6.92 Å².